The van der Waals surface area contributed by atoms with Gasteiger partial charge >= 0.3 is 5.63 Å². The number of carbonyl (C=O) groups excluding carboxylic acids is 1. The molecule has 0 radical (unpaired) electrons. The van der Waals surface area contributed by atoms with Gasteiger partial charge in [-0.3, -0.25) is 4.79 Å². The Kier molecular flexibility index (Phi) is 5.01. The smallest absolute Gasteiger partial charge is 0.339 e. The fourth-order valence-corrected chi connectivity index (χ4v) is 4.31. The highest BCUT2D eigenvalue weighted by atomic mass is 16.4. The monoisotopic (exact) mass is 395 g/mol. The number of carbonyl (C=O) groups is 1. The molecule has 1 aromatic carbocycles. The van der Waals surface area contributed by atoms with Crippen LogP contribution in [0, 0.1) is 6.92 Å². The van der Waals surface area contributed by atoms with Crippen molar-refractivity contribution in [3.8, 4) is 0 Å². The maximum atomic E-state index is 12.6. The van der Waals surface area contributed by atoms with Gasteiger partial charge in [0.05, 0.1) is 6.26 Å². The lowest BCUT2D eigenvalue weighted by Crippen LogP contribution is -2.35. The third-order valence-electron chi connectivity index (χ3n) is 6.09. The molecule has 1 saturated heterocycles. The first-order valence-corrected chi connectivity index (χ1v) is 10.5. The van der Waals surface area contributed by atoms with Gasteiger partial charge in [0.2, 0.25) is 5.91 Å². The van der Waals surface area contributed by atoms with Crippen molar-refractivity contribution in [2.75, 3.05) is 13.1 Å². The molecule has 154 valence electrons. The van der Waals surface area contributed by atoms with E-state index in [1.54, 1.807) is 12.3 Å². The van der Waals surface area contributed by atoms with E-state index in [9.17, 15) is 9.59 Å². The molecule has 4 rings (SSSR count). The van der Waals surface area contributed by atoms with Crippen molar-refractivity contribution in [3.63, 3.8) is 0 Å². The average molecular weight is 395 g/mol. The number of amides is 1. The molecule has 3 heterocycles. The van der Waals surface area contributed by atoms with E-state index in [1.807, 2.05) is 11.8 Å². The molecule has 1 fully saturated rings. The highest BCUT2D eigenvalue weighted by Gasteiger charge is 2.22. The van der Waals surface area contributed by atoms with Gasteiger partial charge in [-0.25, -0.2) is 4.79 Å². The van der Waals surface area contributed by atoms with Crippen molar-refractivity contribution in [2.45, 2.75) is 65.2 Å². The van der Waals surface area contributed by atoms with Crippen LogP contribution >= 0.6 is 0 Å². The molecule has 5 heteroatoms. The molecule has 1 aliphatic heterocycles. The molecule has 1 aliphatic rings. The zero-order valence-corrected chi connectivity index (χ0v) is 17.8. The van der Waals surface area contributed by atoms with Crippen molar-refractivity contribution in [1.82, 2.24) is 4.90 Å². The van der Waals surface area contributed by atoms with E-state index in [1.165, 1.54) is 6.42 Å². The van der Waals surface area contributed by atoms with Crippen LogP contribution < -0.4 is 5.63 Å². The second kappa shape index (κ2) is 7.36. The second-order valence-electron chi connectivity index (χ2n) is 9.18. The predicted octanol–water partition coefficient (Wildman–Crippen LogP) is 5.09. The number of aryl methyl sites for hydroxylation is 1. The Bertz CT molecular complexity index is 1120. The zero-order valence-electron chi connectivity index (χ0n) is 17.8. The highest BCUT2D eigenvalue weighted by Crippen LogP contribution is 2.35. The van der Waals surface area contributed by atoms with Crippen LogP contribution in [0.2, 0.25) is 0 Å². The Morgan fingerprint density at radius 1 is 1.07 bits per heavy atom. The second-order valence-corrected chi connectivity index (χ2v) is 9.18. The summed E-state index contributed by atoms with van der Waals surface area (Å²) >= 11 is 0. The third-order valence-corrected chi connectivity index (χ3v) is 6.09. The molecule has 3 aromatic rings. The number of benzene rings is 1. The summed E-state index contributed by atoms with van der Waals surface area (Å²) in [4.78, 5) is 27.1. The van der Waals surface area contributed by atoms with Gasteiger partial charge < -0.3 is 13.7 Å². The van der Waals surface area contributed by atoms with Gasteiger partial charge in [-0.05, 0) is 49.7 Å². The summed E-state index contributed by atoms with van der Waals surface area (Å²) in [5.41, 5.74) is 3.46. The lowest BCUT2D eigenvalue weighted by Gasteiger charge is -2.26. The van der Waals surface area contributed by atoms with Crippen molar-refractivity contribution in [2.24, 2.45) is 0 Å². The first-order valence-electron chi connectivity index (χ1n) is 10.5. The van der Waals surface area contributed by atoms with Crippen LogP contribution in [0.15, 0.2) is 32.0 Å². The minimum Gasteiger partial charge on any atom is -0.464 e. The van der Waals surface area contributed by atoms with Gasteiger partial charge in [-0.2, -0.15) is 0 Å². The minimum absolute atomic E-state index is 0.0495. The summed E-state index contributed by atoms with van der Waals surface area (Å²) in [6.07, 6.45) is 5.87. The van der Waals surface area contributed by atoms with E-state index in [-0.39, 0.29) is 16.9 Å². The van der Waals surface area contributed by atoms with Gasteiger partial charge in [0.15, 0.2) is 0 Å². The number of piperidine rings is 1. The first-order chi connectivity index (χ1) is 13.8. The fourth-order valence-electron chi connectivity index (χ4n) is 4.31. The predicted molar refractivity (Wildman–Crippen MR) is 114 cm³/mol. The lowest BCUT2D eigenvalue weighted by atomic mass is 9.86. The Morgan fingerprint density at radius 3 is 2.48 bits per heavy atom. The van der Waals surface area contributed by atoms with Gasteiger partial charge in [-0.1, -0.05) is 20.8 Å². The molecule has 0 N–H and O–H groups in total. The highest BCUT2D eigenvalue weighted by molar-refractivity contribution is 5.96. The number of furan rings is 1. The van der Waals surface area contributed by atoms with Crippen molar-refractivity contribution < 1.29 is 13.6 Å². The molecular weight excluding hydrogens is 366 g/mol. The Balaban J connectivity index is 1.70. The van der Waals surface area contributed by atoms with Crippen molar-refractivity contribution in [1.29, 1.82) is 0 Å². The normalized spacial score (nSPS) is 15.4. The third kappa shape index (κ3) is 3.70. The topological polar surface area (TPSA) is 63.7 Å². The van der Waals surface area contributed by atoms with Gasteiger partial charge in [0, 0.05) is 47.5 Å². The fraction of sp³-hybridized carbons (Fsp3) is 0.500. The van der Waals surface area contributed by atoms with Crippen LogP contribution in [0.3, 0.4) is 0 Å². The van der Waals surface area contributed by atoms with E-state index < -0.39 is 0 Å². The summed E-state index contributed by atoms with van der Waals surface area (Å²) in [6, 6.07) is 3.86. The largest absolute Gasteiger partial charge is 0.464 e. The van der Waals surface area contributed by atoms with Gasteiger partial charge in [0.1, 0.15) is 11.2 Å². The van der Waals surface area contributed by atoms with Crippen LogP contribution in [0.4, 0.5) is 0 Å². The summed E-state index contributed by atoms with van der Waals surface area (Å²) in [7, 11) is 0. The summed E-state index contributed by atoms with van der Waals surface area (Å²) in [6.45, 7) is 10.1. The van der Waals surface area contributed by atoms with Crippen LogP contribution in [0.25, 0.3) is 21.9 Å². The summed E-state index contributed by atoms with van der Waals surface area (Å²) in [5.74, 6) is 0.129. The molecule has 2 aromatic heterocycles. The maximum absolute atomic E-state index is 12.6. The number of nitrogens with zero attached hydrogens (tertiary/aromatic N) is 1. The standard InChI is InChI=1S/C24H29NO4/c1-15-16(8-9-22(26)25-10-6-5-7-11-25)23(27)29-21-13-20-18(12-17(15)21)19(14-28-20)24(2,3)4/h12-14H,5-11H2,1-4H3. The lowest BCUT2D eigenvalue weighted by molar-refractivity contribution is -0.132. The Morgan fingerprint density at radius 2 is 1.79 bits per heavy atom. The molecular formula is C24H29NO4. The molecule has 0 aliphatic carbocycles. The molecule has 0 unspecified atom stereocenters. The summed E-state index contributed by atoms with van der Waals surface area (Å²) in [5, 5.41) is 1.95. The number of likely N-dealkylation sites (tertiary alicyclic amines) is 1. The van der Waals surface area contributed by atoms with Gasteiger partial charge in [-0.15, -0.1) is 0 Å². The number of hydrogen-bond donors (Lipinski definition) is 0. The Labute approximate surface area is 170 Å². The van der Waals surface area contributed by atoms with Crippen LogP contribution in [-0.4, -0.2) is 23.9 Å². The van der Waals surface area contributed by atoms with E-state index in [0.717, 1.165) is 53.4 Å². The zero-order chi connectivity index (χ0) is 20.8. The quantitative estimate of drug-likeness (QED) is 0.580. The van der Waals surface area contributed by atoms with Crippen LogP contribution in [0.1, 0.15) is 63.1 Å². The van der Waals surface area contributed by atoms with E-state index in [4.69, 9.17) is 8.83 Å². The minimum atomic E-state index is -0.358. The van der Waals surface area contributed by atoms with Crippen molar-refractivity contribution in [3.05, 3.63) is 45.5 Å². The van der Waals surface area contributed by atoms with Gasteiger partial charge in [0.25, 0.3) is 0 Å². The Hall–Kier alpha value is -2.56. The molecule has 0 saturated carbocycles. The average Bonchev–Trinajstić information content (AvgIpc) is 3.10. The van der Waals surface area contributed by atoms with E-state index in [0.29, 0.717) is 24.0 Å². The van der Waals surface area contributed by atoms with Crippen LogP contribution in [0.5, 0.6) is 0 Å². The molecule has 5 nitrogen and oxygen atoms in total. The van der Waals surface area contributed by atoms with E-state index in [2.05, 4.69) is 26.8 Å². The SMILES string of the molecule is Cc1c(CCC(=O)N2CCCCC2)c(=O)oc2cc3occ(C(C)(C)C)c3cc12. The molecule has 0 bridgehead atoms. The first kappa shape index (κ1) is 19.7. The molecule has 0 atom stereocenters. The maximum Gasteiger partial charge on any atom is 0.339 e. The van der Waals surface area contributed by atoms with Crippen LogP contribution in [-0.2, 0) is 16.6 Å². The number of fused-ring (bicyclic) bond motifs is 2. The number of rotatable bonds is 3. The molecule has 29 heavy (non-hydrogen) atoms. The summed E-state index contributed by atoms with van der Waals surface area (Å²) < 4.78 is 11.3. The molecule has 0 spiro atoms. The van der Waals surface area contributed by atoms with E-state index >= 15 is 0 Å². The molecule has 1 amide bonds. The number of hydrogen-bond acceptors (Lipinski definition) is 4. The van der Waals surface area contributed by atoms with Crippen molar-refractivity contribution >= 4 is 27.8 Å².